The van der Waals surface area contributed by atoms with E-state index in [2.05, 4.69) is 0 Å². The molecule has 1 fully saturated rings. The Morgan fingerprint density at radius 3 is 2.33 bits per heavy atom. The van der Waals surface area contributed by atoms with Gasteiger partial charge in [0.15, 0.2) is 0 Å². The molecule has 0 spiro atoms. The molecule has 0 aliphatic heterocycles. The highest BCUT2D eigenvalue weighted by molar-refractivity contribution is 5.85. The first-order valence-electron chi connectivity index (χ1n) is 4.32. The highest BCUT2D eigenvalue weighted by atomic mass is 16.5. The van der Waals surface area contributed by atoms with Gasteiger partial charge in [0.25, 0.3) is 5.91 Å². The molecule has 0 aromatic heterocycles. The van der Waals surface area contributed by atoms with Gasteiger partial charge in [-0.15, -0.1) is 0 Å². The smallest absolute Gasteiger partial charge is 0.265 e. The summed E-state index contributed by atoms with van der Waals surface area (Å²) < 4.78 is 0. The summed E-state index contributed by atoms with van der Waals surface area (Å²) in [6.07, 6.45) is 4.49. The van der Waals surface area contributed by atoms with Crippen molar-refractivity contribution in [1.29, 1.82) is 0 Å². The van der Waals surface area contributed by atoms with Crippen LogP contribution in [0.4, 0.5) is 0 Å². The maximum atomic E-state index is 11.4. The summed E-state index contributed by atoms with van der Waals surface area (Å²) in [5.41, 5.74) is 5.05. The summed E-state index contributed by atoms with van der Waals surface area (Å²) in [5, 5.41) is 9.54. The zero-order valence-corrected chi connectivity index (χ0v) is 7.42. The summed E-state index contributed by atoms with van der Waals surface area (Å²) >= 11 is 0. The monoisotopic (exact) mass is 172 g/mol. The van der Waals surface area contributed by atoms with Crippen LogP contribution in [0, 0.1) is 0 Å². The number of carbonyl (C=O) groups is 1. The van der Waals surface area contributed by atoms with Crippen LogP contribution in [0.5, 0.6) is 0 Å². The van der Waals surface area contributed by atoms with Gasteiger partial charge in [-0.25, -0.2) is 5.06 Å². The molecule has 0 saturated heterocycles. The Bertz CT molecular complexity index is 174. The van der Waals surface area contributed by atoms with Gasteiger partial charge in [0.2, 0.25) is 0 Å². The van der Waals surface area contributed by atoms with Crippen molar-refractivity contribution in [3.8, 4) is 0 Å². The van der Waals surface area contributed by atoms with Gasteiger partial charge < -0.3 is 5.73 Å². The maximum Gasteiger partial charge on any atom is 0.265 e. The van der Waals surface area contributed by atoms with Crippen molar-refractivity contribution in [2.75, 3.05) is 7.05 Å². The molecule has 0 unspecified atom stereocenters. The van der Waals surface area contributed by atoms with Gasteiger partial charge in [-0.3, -0.25) is 10.0 Å². The molecule has 0 aromatic rings. The number of likely N-dealkylation sites (N-methyl/N-ethyl adjacent to an activating group) is 1. The number of nitrogens with zero attached hydrogens (tertiary/aromatic N) is 1. The summed E-state index contributed by atoms with van der Waals surface area (Å²) in [5.74, 6) is -0.359. The first kappa shape index (κ1) is 9.48. The lowest BCUT2D eigenvalue weighted by atomic mass is 9.82. The number of carbonyl (C=O) groups excluding carboxylic acids is 1. The van der Waals surface area contributed by atoms with Crippen LogP contribution < -0.4 is 5.73 Å². The van der Waals surface area contributed by atoms with Crippen molar-refractivity contribution >= 4 is 5.91 Å². The molecular weight excluding hydrogens is 156 g/mol. The van der Waals surface area contributed by atoms with Crippen molar-refractivity contribution in [3.63, 3.8) is 0 Å². The topological polar surface area (TPSA) is 66.6 Å². The van der Waals surface area contributed by atoms with Crippen LogP contribution in [0.25, 0.3) is 0 Å². The molecule has 0 bridgehead atoms. The van der Waals surface area contributed by atoms with Crippen LogP contribution >= 0.6 is 0 Å². The Morgan fingerprint density at radius 1 is 1.42 bits per heavy atom. The minimum absolute atomic E-state index is 0.359. The van der Waals surface area contributed by atoms with Crippen LogP contribution in [-0.2, 0) is 4.79 Å². The van der Waals surface area contributed by atoms with Gasteiger partial charge in [-0.1, -0.05) is 19.3 Å². The fourth-order valence-electron chi connectivity index (χ4n) is 1.72. The molecule has 1 amide bonds. The van der Waals surface area contributed by atoms with E-state index in [-0.39, 0.29) is 5.91 Å². The molecule has 0 atom stereocenters. The fourth-order valence-corrected chi connectivity index (χ4v) is 1.72. The lowest BCUT2D eigenvalue weighted by molar-refractivity contribution is -0.167. The zero-order valence-electron chi connectivity index (χ0n) is 7.42. The third kappa shape index (κ3) is 1.76. The Hall–Kier alpha value is -0.610. The van der Waals surface area contributed by atoms with Gasteiger partial charge in [-0.05, 0) is 12.8 Å². The van der Waals surface area contributed by atoms with Crippen LogP contribution in [0.3, 0.4) is 0 Å². The van der Waals surface area contributed by atoms with E-state index in [0.29, 0.717) is 17.9 Å². The Balaban J connectivity index is 2.62. The standard InChI is InChI=1S/C8H16N2O2/c1-10(12)7(11)8(9)5-3-2-4-6-8/h12H,2-6,9H2,1H3. The van der Waals surface area contributed by atoms with Crippen molar-refractivity contribution < 1.29 is 10.0 Å². The number of rotatable bonds is 1. The summed E-state index contributed by atoms with van der Waals surface area (Å²) in [4.78, 5) is 11.4. The molecule has 1 aliphatic rings. The normalized spacial score (nSPS) is 21.9. The third-order valence-corrected chi connectivity index (χ3v) is 2.47. The number of nitrogens with two attached hydrogens (primary N) is 1. The second kappa shape index (κ2) is 3.41. The number of hydroxylamine groups is 2. The van der Waals surface area contributed by atoms with E-state index in [4.69, 9.17) is 10.9 Å². The summed E-state index contributed by atoms with van der Waals surface area (Å²) in [6.45, 7) is 0. The zero-order chi connectivity index (χ0) is 9.19. The van der Waals surface area contributed by atoms with Crippen molar-refractivity contribution in [2.24, 2.45) is 5.73 Å². The second-order valence-corrected chi connectivity index (χ2v) is 3.55. The van der Waals surface area contributed by atoms with Crippen molar-refractivity contribution in [1.82, 2.24) is 5.06 Å². The Labute approximate surface area is 72.3 Å². The average Bonchev–Trinajstić information content (AvgIpc) is 2.04. The van der Waals surface area contributed by atoms with E-state index in [0.717, 1.165) is 19.3 Å². The molecule has 1 rings (SSSR count). The van der Waals surface area contributed by atoms with Crippen LogP contribution in [0.1, 0.15) is 32.1 Å². The van der Waals surface area contributed by atoms with Gasteiger partial charge in [-0.2, -0.15) is 0 Å². The molecule has 12 heavy (non-hydrogen) atoms. The first-order valence-corrected chi connectivity index (χ1v) is 4.32. The molecule has 0 aromatic carbocycles. The Morgan fingerprint density at radius 2 is 1.92 bits per heavy atom. The molecule has 4 heteroatoms. The van der Waals surface area contributed by atoms with Crippen LogP contribution in [0.15, 0.2) is 0 Å². The average molecular weight is 172 g/mol. The first-order chi connectivity index (χ1) is 5.56. The largest absolute Gasteiger partial charge is 0.317 e. The summed E-state index contributed by atoms with van der Waals surface area (Å²) in [6, 6.07) is 0. The van der Waals surface area contributed by atoms with E-state index in [1.165, 1.54) is 7.05 Å². The highest BCUT2D eigenvalue weighted by Crippen LogP contribution is 2.26. The maximum absolute atomic E-state index is 11.4. The molecule has 1 aliphatic carbocycles. The molecular formula is C8H16N2O2. The number of hydrogen-bond donors (Lipinski definition) is 2. The van der Waals surface area contributed by atoms with Crippen molar-refractivity contribution in [3.05, 3.63) is 0 Å². The molecule has 0 radical (unpaired) electrons. The van der Waals surface area contributed by atoms with Gasteiger partial charge in [0.05, 0.1) is 5.54 Å². The molecule has 70 valence electrons. The molecule has 0 heterocycles. The van der Waals surface area contributed by atoms with Crippen molar-refractivity contribution in [2.45, 2.75) is 37.6 Å². The summed E-state index contributed by atoms with van der Waals surface area (Å²) in [7, 11) is 1.32. The van der Waals surface area contributed by atoms with E-state index in [1.54, 1.807) is 0 Å². The molecule has 3 N–H and O–H groups in total. The minimum atomic E-state index is -0.804. The van der Waals surface area contributed by atoms with E-state index >= 15 is 0 Å². The van der Waals surface area contributed by atoms with Crippen LogP contribution in [-0.4, -0.2) is 28.8 Å². The van der Waals surface area contributed by atoms with E-state index < -0.39 is 5.54 Å². The van der Waals surface area contributed by atoms with Gasteiger partial charge in [0, 0.05) is 7.05 Å². The highest BCUT2D eigenvalue weighted by Gasteiger charge is 2.36. The minimum Gasteiger partial charge on any atom is -0.317 e. The Kier molecular flexibility index (Phi) is 2.69. The predicted molar refractivity (Wildman–Crippen MR) is 44.6 cm³/mol. The molecule has 4 nitrogen and oxygen atoms in total. The second-order valence-electron chi connectivity index (χ2n) is 3.55. The van der Waals surface area contributed by atoms with E-state index in [9.17, 15) is 4.79 Å². The van der Waals surface area contributed by atoms with Crippen LogP contribution in [0.2, 0.25) is 0 Å². The predicted octanol–water partition coefficient (Wildman–Crippen LogP) is 0.496. The fraction of sp³-hybridized carbons (Fsp3) is 0.875. The lowest BCUT2D eigenvalue weighted by Crippen LogP contribution is -2.54. The SMILES string of the molecule is CN(O)C(=O)C1(N)CCCCC1. The molecule has 1 saturated carbocycles. The van der Waals surface area contributed by atoms with Gasteiger partial charge >= 0.3 is 0 Å². The van der Waals surface area contributed by atoms with Gasteiger partial charge in [0.1, 0.15) is 0 Å². The number of hydrogen-bond acceptors (Lipinski definition) is 3. The number of amides is 1. The quantitative estimate of drug-likeness (QED) is 0.447. The van der Waals surface area contributed by atoms with E-state index in [1.807, 2.05) is 0 Å². The third-order valence-electron chi connectivity index (χ3n) is 2.47. The lowest BCUT2D eigenvalue weighted by Gasteiger charge is -2.33.